The summed E-state index contributed by atoms with van der Waals surface area (Å²) >= 11 is 0. The lowest BCUT2D eigenvalue weighted by molar-refractivity contribution is 0.0418. The molecule has 0 amide bonds. The van der Waals surface area contributed by atoms with Crippen molar-refractivity contribution < 1.29 is 9.50 Å². The van der Waals surface area contributed by atoms with E-state index in [4.69, 9.17) is 0 Å². The molecule has 1 aromatic heterocycles. The van der Waals surface area contributed by atoms with E-state index in [2.05, 4.69) is 21.8 Å². The Kier molecular flexibility index (Phi) is 5.28. The van der Waals surface area contributed by atoms with Crippen molar-refractivity contribution in [3.8, 4) is 5.69 Å². The van der Waals surface area contributed by atoms with Crippen molar-refractivity contribution in [1.82, 2.24) is 19.6 Å². The molecule has 0 spiro atoms. The molecule has 0 aliphatic carbocycles. The second-order valence-corrected chi connectivity index (χ2v) is 6.66. The lowest BCUT2D eigenvalue weighted by Gasteiger charge is -2.40. The quantitative estimate of drug-likeness (QED) is 0.908. The van der Waals surface area contributed by atoms with Crippen molar-refractivity contribution in [3.63, 3.8) is 0 Å². The summed E-state index contributed by atoms with van der Waals surface area (Å²) in [4.78, 5) is 4.70. The van der Waals surface area contributed by atoms with Crippen molar-refractivity contribution in [3.05, 3.63) is 48.0 Å². The molecule has 5 nitrogen and oxygen atoms in total. The van der Waals surface area contributed by atoms with Gasteiger partial charge in [-0.15, -0.1) is 0 Å². The first-order chi connectivity index (χ1) is 11.5. The summed E-state index contributed by atoms with van der Waals surface area (Å²) in [5.41, 5.74) is 1.71. The Balaban J connectivity index is 1.60. The molecule has 6 heteroatoms. The molecular weight excluding hydrogens is 307 g/mol. The van der Waals surface area contributed by atoms with Crippen LogP contribution in [-0.2, 0) is 6.54 Å². The van der Waals surface area contributed by atoms with Gasteiger partial charge in [-0.3, -0.25) is 9.80 Å². The molecule has 0 unspecified atom stereocenters. The van der Waals surface area contributed by atoms with Gasteiger partial charge in [0.1, 0.15) is 5.82 Å². The largest absolute Gasteiger partial charge is 0.392 e. The summed E-state index contributed by atoms with van der Waals surface area (Å²) in [6.07, 6.45) is 1.58. The minimum Gasteiger partial charge on any atom is -0.392 e. The SMILES string of the molecule is C[C@H](O)CN1CCN(Cc2ccn(-c3cccc(F)c3)n2)C[C@@H]1C. The highest BCUT2D eigenvalue weighted by atomic mass is 19.1. The minimum absolute atomic E-state index is 0.257. The Morgan fingerprint density at radius 2 is 2.17 bits per heavy atom. The van der Waals surface area contributed by atoms with E-state index >= 15 is 0 Å². The molecule has 1 aliphatic rings. The number of aromatic nitrogens is 2. The number of aliphatic hydroxyl groups excluding tert-OH is 1. The number of benzene rings is 1. The molecule has 2 aromatic rings. The molecule has 24 heavy (non-hydrogen) atoms. The van der Waals surface area contributed by atoms with Gasteiger partial charge in [0, 0.05) is 45.0 Å². The molecule has 0 saturated carbocycles. The number of nitrogens with zero attached hydrogens (tertiary/aromatic N) is 4. The van der Waals surface area contributed by atoms with Crippen LogP contribution in [0.3, 0.4) is 0 Å². The normalized spacial score (nSPS) is 21.1. The zero-order chi connectivity index (χ0) is 17.1. The standard InChI is InChI=1S/C18H25FN4O/c1-14-11-21(8-9-22(14)12-15(2)24)13-17-6-7-23(20-17)18-5-3-4-16(19)10-18/h3-7,10,14-15,24H,8-9,11-13H2,1-2H3/t14-,15-/m0/s1. The summed E-state index contributed by atoms with van der Waals surface area (Å²) in [6, 6.07) is 8.85. The zero-order valence-corrected chi connectivity index (χ0v) is 14.3. The van der Waals surface area contributed by atoms with Crippen LogP contribution in [0.4, 0.5) is 4.39 Å². The number of rotatable bonds is 5. The van der Waals surface area contributed by atoms with Gasteiger partial charge in [0.2, 0.25) is 0 Å². The van der Waals surface area contributed by atoms with Gasteiger partial charge in [0.25, 0.3) is 0 Å². The first kappa shape index (κ1) is 17.1. The zero-order valence-electron chi connectivity index (χ0n) is 14.3. The third kappa shape index (κ3) is 4.20. The van der Waals surface area contributed by atoms with E-state index in [1.165, 1.54) is 12.1 Å². The van der Waals surface area contributed by atoms with Gasteiger partial charge in [-0.1, -0.05) is 6.07 Å². The van der Waals surface area contributed by atoms with Crippen molar-refractivity contribution in [2.75, 3.05) is 26.2 Å². The molecule has 1 aliphatic heterocycles. The Morgan fingerprint density at radius 1 is 1.33 bits per heavy atom. The molecule has 1 N–H and O–H groups in total. The van der Waals surface area contributed by atoms with Crippen LogP contribution < -0.4 is 0 Å². The Morgan fingerprint density at radius 3 is 2.88 bits per heavy atom. The van der Waals surface area contributed by atoms with E-state index in [1.54, 1.807) is 10.7 Å². The maximum atomic E-state index is 13.3. The fraction of sp³-hybridized carbons (Fsp3) is 0.500. The molecule has 1 aromatic carbocycles. The van der Waals surface area contributed by atoms with E-state index in [0.29, 0.717) is 6.04 Å². The second-order valence-electron chi connectivity index (χ2n) is 6.66. The van der Waals surface area contributed by atoms with Gasteiger partial charge in [-0.2, -0.15) is 5.10 Å². The summed E-state index contributed by atoms with van der Waals surface area (Å²) < 4.78 is 15.0. The predicted molar refractivity (Wildman–Crippen MR) is 91.5 cm³/mol. The van der Waals surface area contributed by atoms with Crippen LogP contribution in [0, 0.1) is 5.82 Å². The van der Waals surface area contributed by atoms with Gasteiger partial charge in [0.15, 0.2) is 0 Å². The number of piperazine rings is 1. The number of aliphatic hydroxyl groups is 1. The molecule has 0 bridgehead atoms. The van der Waals surface area contributed by atoms with Crippen LogP contribution >= 0.6 is 0 Å². The fourth-order valence-electron chi connectivity index (χ4n) is 3.26. The highest BCUT2D eigenvalue weighted by molar-refractivity contribution is 5.31. The molecule has 1 saturated heterocycles. The highest BCUT2D eigenvalue weighted by Crippen LogP contribution is 2.14. The van der Waals surface area contributed by atoms with Gasteiger partial charge in [0.05, 0.1) is 17.5 Å². The average Bonchev–Trinajstić information content (AvgIpc) is 2.98. The predicted octanol–water partition coefficient (Wildman–Crippen LogP) is 1.90. The number of halogens is 1. The lowest BCUT2D eigenvalue weighted by Crippen LogP contribution is -2.53. The molecule has 1 fully saturated rings. The first-order valence-electron chi connectivity index (χ1n) is 8.46. The number of hydrogen-bond acceptors (Lipinski definition) is 4. The number of β-amino-alcohol motifs (C(OH)–C–C–N with tert-alkyl or cyclic N) is 1. The topological polar surface area (TPSA) is 44.5 Å². The monoisotopic (exact) mass is 332 g/mol. The average molecular weight is 332 g/mol. The van der Waals surface area contributed by atoms with E-state index < -0.39 is 0 Å². The van der Waals surface area contributed by atoms with Gasteiger partial charge in [-0.05, 0) is 38.1 Å². The highest BCUT2D eigenvalue weighted by Gasteiger charge is 2.24. The third-order valence-corrected chi connectivity index (χ3v) is 4.45. The van der Waals surface area contributed by atoms with Crippen LogP contribution in [0.15, 0.2) is 36.5 Å². The smallest absolute Gasteiger partial charge is 0.125 e. The Hall–Kier alpha value is -1.76. The van der Waals surface area contributed by atoms with Crippen LogP contribution in [0.25, 0.3) is 5.69 Å². The van der Waals surface area contributed by atoms with Crippen LogP contribution in [0.1, 0.15) is 19.5 Å². The molecule has 2 heterocycles. The van der Waals surface area contributed by atoms with Crippen molar-refractivity contribution in [1.29, 1.82) is 0 Å². The van der Waals surface area contributed by atoms with Crippen molar-refractivity contribution in [2.24, 2.45) is 0 Å². The van der Waals surface area contributed by atoms with Crippen LogP contribution in [-0.4, -0.2) is 63.0 Å². The van der Waals surface area contributed by atoms with Crippen LogP contribution in [0.2, 0.25) is 0 Å². The molecule has 3 rings (SSSR count). The van der Waals surface area contributed by atoms with E-state index in [1.807, 2.05) is 25.3 Å². The van der Waals surface area contributed by atoms with Crippen molar-refractivity contribution in [2.45, 2.75) is 32.5 Å². The summed E-state index contributed by atoms with van der Waals surface area (Å²) in [5.74, 6) is -0.257. The fourth-order valence-corrected chi connectivity index (χ4v) is 3.26. The summed E-state index contributed by atoms with van der Waals surface area (Å²) in [7, 11) is 0. The van der Waals surface area contributed by atoms with Gasteiger partial charge < -0.3 is 5.11 Å². The first-order valence-corrected chi connectivity index (χ1v) is 8.46. The second kappa shape index (κ2) is 7.42. The molecule has 2 atom stereocenters. The Labute approximate surface area is 142 Å². The molecular formula is C18H25FN4O. The maximum Gasteiger partial charge on any atom is 0.125 e. The van der Waals surface area contributed by atoms with Crippen LogP contribution in [0.5, 0.6) is 0 Å². The van der Waals surface area contributed by atoms with E-state index in [0.717, 1.165) is 44.1 Å². The van der Waals surface area contributed by atoms with E-state index in [9.17, 15) is 9.50 Å². The van der Waals surface area contributed by atoms with Gasteiger partial charge >= 0.3 is 0 Å². The molecule has 130 valence electrons. The van der Waals surface area contributed by atoms with Gasteiger partial charge in [-0.25, -0.2) is 9.07 Å². The van der Waals surface area contributed by atoms with E-state index in [-0.39, 0.29) is 11.9 Å². The minimum atomic E-state index is -0.291. The summed E-state index contributed by atoms with van der Waals surface area (Å²) in [6.45, 7) is 8.41. The number of hydrogen-bond donors (Lipinski definition) is 1. The lowest BCUT2D eigenvalue weighted by atomic mass is 10.1. The molecule has 0 radical (unpaired) electrons. The third-order valence-electron chi connectivity index (χ3n) is 4.45. The maximum absolute atomic E-state index is 13.3. The Bertz CT molecular complexity index is 673. The van der Waals surface area contributed by atoms with Crippen molar-refractivity contribution >= 4 is 0 Å². The summed E-state index contributed by atoms with van der Waals surface area (Å²) in [5, 5.41) is 14.1.